The third-order valence-corrected chi connectivity index (χ3v) is 11.1. The molecule has 45 heavy (non-hydrogen) atoms. The number of rotatable bonds is 13. The van der Waals surface area contributed by atoms with Crippen molar-refractivity contribution in [2.45, 2.75) is 83.2 Å². The number of carbonyl (C=O) groups is 3. The van der Waals surface area contributed by atoms with Crippen molar-refractivity contribution >= 4 is 46.8 Å². The average Bonchev–Trinajstić information content (AvgIpc) is 3.64. The Morgan fingerprint density at radius 3 is 2.62 bits per heavy atom. The van der Waals surface area contributed by atoms with E-state index in [9.17, 15) is 14.4 Å². The number of nitriles is 1. The summed E-state index contributed by atoms with van der Waals surface area (Å²) in [4.78, 5) is 40.5. The monoisotopic (exact) mass is 758 g/mol. The molecule has 2 bridgehead atoms. The van der Waals surface area contributed by atoms with E-state index in [4.69, 9.17) is 23.8 Å². The van der Waals surface area contributed by atoms with Crippen molar-refractivity contribution in [3.05, 3.63) is 24.0 Å². The first-order valence-electron chi connectivity index (χ1n) is 15.1. The molecule has 3 saturated heterocycles. The van der Waals surface area contributed by atoms with Crippen LogP contribution in [0.4, 0.5) is 4.79 Å². The molecule has 0 aliphatic carbocycles. The van der Waals surface area contributed by atoms with E-state index in [2.05, 4.69) is 59.0 Å². The molecule has 4 unspecified atom stereocenters. The maximum Gasteiger partial charge on any atom is 0.283 e. The van der Waals surface area contributed by atoms with Crippen LogP contribution < -0.4 is 5.32 Å². The number of halogens is 1. The number of fused-ring (bicyclic) bond motifs is 2. The Labute approximate surface area is 277 Å². The van der Waals surface area contributed by atoms with Gasteiger partial charge in [0.2, 0.25) is 11.8 Å². The highest BCUT2D eigenvalue weighted by Crippen LogP contribution is 2.54. The molecular weight excluding hydrogens is 718 g/mol. The first-order chi connectivity index (χ1) is 21.5. The van der Waals surface area contributed by atoms with Crippen LogP contribution in [0, 0.1) is 17.2 Å². The van der Waals surface area contributed by atoms with Crippen molar-refractivity contribution in [1.82, 2.24) is 34.8 Å². The fourth-order valence-corrected chi connectivity index (χ4v) is 8.56. The van der Waals surface area contributed by atoms with Crippen molar-refractivity contribution in [3.63, 3.8) is 0 Å². The van der Waals surface area contributed by atoms with Gasteiger partial charge in [-0.25, -0.2) is 9.35 Å². The first-order valence-corrected chi connectivity index (χ1v) is 17.4. The van der Waals surface area contributed by atoms with Gasteiger partial charge in [-0.05, 0) is 27.7 Å². The highest BCUT2D eigenvalue weighted by atomic mass is 127. The number of aromatic nitrogens is 3. The smallest absolute Gasteiger partial charge is 0.283 e. The Morgan fingerprint density at radius 1 is 1.24 bits per heavy atom. The average molecular weight is 759 g/mol. The molecule has 4 aliphatic heterocycles. The molecule has 1 aromatic rings. The van der Waals surface area contributed by atoms with Gasteiger partial charge in [-0.2, -0.15) is 5.26 Å². The normalized spacial score (nSPS) is 29.2. The summed E-state index contributed by atoms with van der Waals surface area (Å²) in [6.45, 7) is 12.3. The van der Waals surface area contributed by atoms with E-state index in [-0.39, 0.29) is 42.2 Å². The van der Waals surface area contributed by atoms with E-state index in [0.29, 0.717) is 19.6 Å². The van der Waals surface area contributed by atoms with Gasteiger partial charge in [0.1, 0.15) is 23.9 Å². The van der Waals surface area contributed by atoms with Gasteiger partial charge >= 0.3 is 0 Å². The maximum atomic E-state index is 12.9. The summed E-state index contributed by atoms with van der Waals surface area (Å²) in [6.07, 6.45) is 3.01. The zero-order valence-corrected chi connectivity index (χ0v) is 28.9. The van der Waals surface area contributed by atoms with Crippen LogP contribution in [0.15, 0.2) is 18.3 Å². The minimum atomic E-state index is -1.65. The van der Waals surface area contributed by atoms with E-state index in [1.54, 1.807) is 10.8 Å². The van der Waals surface area contributed by atoms with Crippen molar-refractivity contribution < 1.29 is 32.9 Å². The predicted octanol–water partition coefficient (Wildman–Crippen LogP) is 1.98. The fraction of sp³-hybridized carbons (Fsp3) is 0.714. The predicted molar refractivity (Wildman–Crippen MR) is 169 cm³/mol. The molecule has 3 amide bonds. The minimum Gasteiger partial charge on any atom is -0.369 e. The SMILES string of the molecule is CC(C)N(C(C)C)P(OCCC#N)OC1C2OC[C@]1(Cn1cc(CN3CCN(C(=O)I)CC3)nn1)O[C@H]2C1C=CC(=O)NC1=O. The highest BCUT2D eigenvalue weighted by molar-refractivity contribution is 14.1. The number of carbonyl (C=O) groups excluding carboxylic acids is 3. The highest BCUT2D eigenvalue weighted by Gasteiger charge is 2.65. The van der Waals surface area contributed by atoms with Gasteiger partial charge in [0, 0.05) is 79.7 Å². The molecule has 0 radical (unpaired) electrons. The Balaban J connectivity index is 1.38. The molecule has 6 atom stereocenters. The standard InChI is InChI=1S/C28H40IN8O7P/c1-18(2)37(19(3)4)45(42-13-5-8-30)44-25-24-23(21-6-7-22(38)31-26(21)39)43-28(25,17-41-24)16-36-15-20(32-33-36)14-34-9-11-35(12-10-34)27(29)40/h6-7,15,18-19,21,23-25H,5,9-14,16-17H2,1-4H3,(H,31,38,39)/t21?,23-,24?,25?,28-,45?/m0/s1. The summed E-state index contributed by atoms with van der Waals surface area (Å²) in [5, 5.41) is 20.3. The van der Waals surface area contributed by atoms with Gasteiger partial charge < -0.3 is 23.4 Å². The van der Waals surface area contributed by atoms with Gasteiger partial charge in [-0.15, -0.1) is 5.10 Å². The van der Waals surface area contributed by atoms with Crippen molar-refractivity contribution in [2.24, 2.45) is 5.92 Å². The van der Waals surface area contributed by atoms with Crippen LogP contribution in [0.25, 0.3) is 0 Å². The number of nitrogens with one attached hydrogen (secondary N) is 1. The number of piperazine rings is 1. The number of ether oxygens (including phenoxy) is 2. The minimum absolute atomic E-state index is 0.0537. The Bertz CT molecular complexity index is 1310. The molecular formula is C28H40IN8O7P. The molecule has 0 spiro atoms. The zero-order chi connectivity index (χ0) is 32.3. The number of imide groups is 1. The van der Waals surface area contributed by atoms with Crippen LogP contribution in [0.2, 0.25) is 0 Å². The van der Waals surface area contributed by atoms with Crippen LogP contribution in [-0.4, -0.2) is 121 Å². The van der Waals surface area contributed by atoms with Crippen LogP contribution in [0.5, 0.6) is 0 Å². The van der Waals surface area contributed by atoms with Crippen LogP contribution in [-0.2, 0) is 41.2 Å². The van der Waals surface area contributed by atoms with Crippen molar-refractivity contribution in [3.8, 4) is 6.07 Å². The fourth-order valence-electron chi connectivity index (χ4n) is 6.27. The lowest BCUT2D eigenvalue weighted by atomic mass is 9.92. The van der Waals surface area contributed by atoms with Crippen molar-refractivity contribution in [2.75, 3.05) is 39.4 Å². The number of hydrogen-bond donors (Lipinski definition) is 1. The second-order valence-electron chi connectivity index (χ2n) is 12.2. The summed E-state index contributed by atoms with van der Waals surface area (Å²) in [6, 6.07) is 2.29. The Hall–Kier alpha value is -2.10. The summed E-state index contributed by atoms with van der Waals surface area (Å²) in [5.41, 5.74) is -0.245. The summed E-state index contributed by atoms with van der Waals surface area (Å²) in [7, 11) is -1.65. The topological polar surface area (TPSA) is 164 Å². The molecule has 5 heterocycles. The summed E-state index contributed by atoms with van der Waals surface area (Å²) >= 11 is 1.82. The first kappa shape index (κ1) is 34.2. The van der Waals surface area contributed by atoms with E-state index in [1.165, 1.54) is 6.08 Å². The van der Waals surface area contributed by atoms with Crippen LogP contribution in [0.1, 0.15) is 39.8 Å². The van der Waals surface area contributed by atoms with Crippen LogP contribution in [0.3, 0.4) is 0 Å². The van der Waals surface area contributed by atoms with Gasteiger partial charge in [0.25, 0.3) is 12.4 Å². The maximum absolute atomic E-state index is 12.9. The van der Waals surface area contributed by atoms with E-state index >= 15 is 0 Å². The molecule has 17 heteroatoms. The third-order valence-electron chi connectivity index (χ3n) is 8.28. The molecule has 4 aliphatic rings. The largest absolute Gasteiger partial charge is 0.369 e. The summed E-state index contributed by atoms with van der Waals surface area (Å²) < 4.78 is 29.9. The molecule has 246 valence electrons. The Kier molecular flexibility index (Phi) is 11.2. The van der Waals surface area contributed by atoms with Gasteiger partial charge in [-0.1, -0.05) is 11.3 Å². The number of nitrogens with zero attached hydrogens (tertiary/aromatic N) is 7. The molecule has 5 rings (SSSR count). The molecule has 1 aromatic heterocycles. The van der Waals surface area contributed by atoms with E-state index in [0.717, 1.165) is 18.8 Å². The van der Waals surface area contributed by atoms with E-state index < -0.39 is 50.2 Å². The second-order valence-corrected chi connectivity index (χ2v) is 14.5. The quantitative estimate of drug-likeness (QED) is 0.0779. The second kappa shape index (κ2) is 14.8. The molecule has 0 aromatic carbocycles. The molecule has 15 nitrogen and oxygen atoms in total. The molecule has 3 fully saturated rings. The lowest BCUT2D eigenvalue weighted by Gasteiger charge is -2.38. The van der Waals surface area contributed by atoms with Gasteiger partial charge in [0.05, 0.1) is 43.9 Å². The Morgan fingerprint density at radius 2 is 1.98 bits per heavy atom. The third kappa shape index (κ3) is 7.73. The molecule has 0 saturated carbocycles. The van der Waals surface area contributed by atoms with E-state index in [1.807, 2.05) is 33.7 Å². The lowest BCUT2D eigenvalue weighted by molar-refractivity contribution is -0.169. The number of amides is 3. The number of hydrogen-bond acceptors (Lipinski definition) is 12. The summed E-state index contributed by atoms with van der Waals surface area (Å²) in [5.74, 6) is -1.68. The lowest BCUT2D eigenvalue weighted by Crippen LogP contribution is -2.49. The molecule has 1 N–H and O–H groups in total. The van der Waals surface area contributed by atoms with Crippen LogP contribution >= 0.6 is 31.1 Å². The zero-order valence-electron chi connectivity index (χ0n) is 25.9. The van der Waals surface area contributed by atoms with Gasteiger partial charge in [-0.3, -0.25) is 24.6 Å². The van der Waals surface area contributed by atoms with Crippen molar-refractivity contribution in [1.29, 1.82) is 5.26 Å². The van der Waals surface area contributed by atoms with Gasteiger partial charge in [0.15, 0.2) is 0 Å².